The summed E-state index contributed by atoms with van der Waals surface area (Å²) in [7, 11) is 0. The molecule has 2 amide bonds. The standard InChI is InChI=1S/C14H20N2O/c1-2-11-15-14(17)16-12-7-6-10-13-8-4-3-5-9-13/h3-6,8-10H,2,7,11-12H2,1H3,(H2,15,16,17)/b10-6+. The lowest BCUT2D eigenvalue weighted by molar-refractivity contribution is 0.241. The predicted octanol–water partition coefficient (Wildman–Crippen LogP) is 2.80. The molecule has 1 aromatic carbocycles. The average Bonchev–Trinajstić information content (AvgIpc) is 2.37. The van der Waals surface area contributed by atoms with Crippen molar-refractivity contribution < 1.29 is 4.79 Å². The second kappa shape index (κ2) is 8.39. The summed E-state index contributed by atoms with van der Waals surface area (Å²) >= 11 is 0. The zero-order valence-corrected chi connectivity index (χ0v) is 10.3. The number of hydrogen-bond acceptors (Lipinski definition) is 1. The summed E-state index contributed by atoms with van der Waals surface area (Å²) in [5, 5.41) is 5.57. The second-order valence-electron chi connectivity index (χ2n) is 3.78. The molecule has 1 aromatic rings. The lowest BCUT2D eigenvalue weighted by atomic mass is 10.2. The predicted molar refractivity (Wildman–Crippen MR) is 71.8 cm³/mol. The minimum Gasteiger partial charge on any atom is -0.338 e. The molecule has 0 unspecified atom stereocenters. The smallest absolute Gasteiger partial charge is 0.314 e. The van der Waals surface area contributed by atoms with Crippen LogP contribution in [0, 0.1) is 0 Å². The van der Waals surface area contributed by atoms with Crippen molar-refractivity contribution in [3.63, 3.8) is 0 Å². The molecular weight excluding hydrogens is 212 g/mol. The van der Waals surface area contributed by atoms with Crippen LogP contribution in [0.1, 0.15) is 25.3 Å². The minimum absolute atomic E-state index is 0.0834. The summed E-state index contributed by atoms with van der Waals surface area (Å²) < 4.78 is 0. The van der Waals surface area contributed by atoms with Crippen LogP contribution in [0.25, 0.3) is 6.08 Å². The van der Waals surface area contributed by atoms with Gasteiger partial charge < -0.3 is 10.6 Å². The Morgan fingerprint density at radius 1 is 1.18 bits per heavy atom. The van der Waals surface area contributed by atoms with E-state index in [1.807, 2.05) is 25.1 Å². The van der Waals surface area contributed by atoms with Gasteiger partial charge in [0.25, 0.3) is 0 Å². The van der Waals surface area contributed by atoms with Crippen LogP contribution in [0.2, 0.25) is 0 Å². The van der Waals surface area contributed by atoms with E-state index < -0.39 is 0 Å². The van der Waals surface area contributed by atoms with E-state index in [-0.39, 0.29) is 6.03 Å². The highest BCUT2D eigenvalue weighted by molar-refractivity contribution is 5.73. The monoisotopic (exact) mass is 232 g/mol. The van der Waals surface area contributed by atoms with Gasteiger partial charge in [0, 0.05) is 13.1 Å². The first-order valence-corrected chi connectivity index (χ1v) is 6.06. The largest absolute Gasteiger partial charge is 0.338 e. The Labute approximate surface area is 103 Å². The van der Waals surface area contributed by atoms with Crippen molar-refractivity contribution in [3.05, 3.63) is 42.0 Å². The Bertz CT molecular complexity index is 346. The van der Waals surface area contributed by atoms with Gasteiger partial charge in [0.1, 0.15) is 0 Å². The van der Waals surface area contributed by atoms with E-state index in [2.05, 4.69) is 34.9 Å². The molecule has 3 heteroatoms. The SMILES string of the molecule is CCCNC(=O)NCC/C=C/c1ccccc1. The van der Waals surface area contributed by atoms with Crippen LogP contribution in [0.15, 0.2) is 36.4 Å². The van der Waals surface area contributed by atoms with Gasteiger partial charge in [-0.1, -0.05) is 49.4 Å². The van der Waals surface area contributed by atoms with E-state index in [4.69, 9.17) is 0 Å². The molecule has 0 atom stereocenters. The number of hydrogen-bond donors (Lipinski definition) is 2. The lowest BCUT2D eigenvalue weighted by Crippen LogP contribution is -2.36. The third-order valence-corrected chi connectivity index (χ3v) is 2.24. The maximum atomic E-state index is 11.2. The fourth-order valence-corrected chi connectivity index (χ4v) is 1.35. The molecule has 1 rings (SSSR count). The van der Waals surface area contributed by atoms with Gasteiger partial charge in [-0.05, 0) is 18.4 Å². The molecule has 0 aliphatic rings. The molecule has 0 fully saturated rings. The summed E-state index contributed by atoms with van der Waals surface area (Å²) in [5.41, 5.74) is 1.18. The van der Waals surface area contributed by atoms with E-state index >= 15 is 0 Å². The number of carbonyl (C=O) groups is 1. The Hall–Kier alpha value is -1.77. The van der Waals surface area contributed by atoms with Crippen molar-refractivity contribution in [2.75, 3.05) is 13.1 Å². The highest BCUT2D eigenvalue weighted by Crippen LogP contribution is 2.01. The summed E-state index contributed by atoms with van der Waals surface area (Å²) in [5.74, 6) is 0. The van der Waals surface area contributed by atoms with Crippen molar-refractivity contribution in [2.45, 2.75) is 19.8 Å². The molecule has 0 aliphatic heterocycles. The van der Waals surface area contributed by atoms with Gasteiger partial charge in [0.15, 0.2) is 0 Å². The normalized spacial score (nSPS) is 10.4. The molecule has 0 saturated heterocycles. The molecule has 17 heavy (non-hydrogen) atoms. The maximum absolute atomic E-state index is 11.2. The van der Waals surface area contributed by atoms with Crippen molar-refractivity contribution >= 4 is 12.1 Å². The Balaban J connectivity index is 2.12. The van der Waals surface area contributed by atoms with Gasteiger partial charge in [0.2, 0.25) is 0 Å². The third kappa shape index (κ3) is 6.40. The Kier molecular flexibility index (Phi) is 6.56. The number of amides is 2. The quantitative estimate of drug-likeness (QED) is 0.727. The minimum atomic E-state index is -0.0834. The summed E-state index contributed by atoms with van der Waals surface area (Å²) in [6.45, 7) is 3.42. The van der Waals surface area contributed by atoms with Crippen LogP contribution in [-0.2, 0) is 0 Å². The number of urea groups is 1. The van der Waals surface area contributed by atoms with Crippen LogP contribution in [-0.4, -0.2) is 19.1 Å². The van der Waals surface area contributed by atoms with Crippen LogP contribution >= 0.6 is 0 Å². The van der Waals surface area contributed by atoms with Gasteiger partial charge in [-0.3, -0.25) is 0 Å². The van der Waals surface area contributed by atoms with Gasteiger partial charge >= 0.3 is 6.03 Å². The molecular formula is C14H20N2O. The number of carbonyl (C=O) groups excluding carboxylic acids is 1. The van der Waals surface area contributed by atoms with Crippen LogP contribution in [0.3, 0.4) is 0 Å². The van der Waals surface area contributed by atoms with Crippen LogP contribution < -0.4 is 10.6 Å². The molecule has 0 heterocycles. The molecule has 0 spiro atoms. The second-order valence-corrected chi connectivity index (χ2v) is 3.78. The van der Waals surface area contributed by atoms with Gasteiger partial charge in [-0.15, -0.1) is 0 Å². The fourth-order valence-electron chi connectivity index (χ4n) is 1.35. The zero-order valence-electron chi connectivity index (χ0n) is 10.3. The first kappa shape index (κ1) is 13.3. The van der Waals surface area contributed by atoms with E-state index in [1.54, 1.807) is 0 Å². The molecule has 0 saturated carbocycles. The number of nitrogens with one attached hydrogen (secondary N) is 2. The molecule has 0 aromatic heterocycles. The molecule has 0 aliphatic carbocycles. The molecule has 0 bridgehead atoms. The summed E-state index contributed by atoms with van der Waals surface area (Å²) in [6.07, 6.45) is 5.93. The van der Waals surface area contributed by atoms with Crippen molar-refractivity contribution in [1.29, 1.82) is 0 Å². The number of benzene rings is 1. The lowest BCUT2D eigenvalue weighted by Gasteiger charge is -2.04. The molecule has 0 radical (unpaired) electrons. The zero-order chi connectivity index (χ0) is 12.3. The summed E-state index contributed by atoms with van der Waals surface area (Å²) in [4.78, 5) is 11.2. The van der Waals surface area contributed by atoms with Crippen molar-refractivity contribution in [3.8, 4) is 0 Å². The van der Waals surface area contributed by atoms with Crippen LogP contribution in [0.5, 0.6) is 0 Å². The maximum Gasteiger partial charge on any atom is 0.314 e. The van der Waals surface area contributed by atoms with E-state index in [9.17, 15) is 4.79 Å². The molecule has 2 N–H and O–H groups in total. The molecule has 3 nitrogen and oxygen atoms in total. The van der Waals surface area contributed by atoms with Gasteiger partial charge in [-0.2, -0.15) is 0 Å². The molecule has 92 valence electrons. The third-order valence-electron chi connectivity index (χ3n) is 2.24. The van der Waals surface area contributed by atoms with Crippen molar-refractivity contribution in [2.24, 2.45) is 0 Å². The van der Waals surface area contributed by atoms with E-state index in [0.29, 0.717) is 6.54 Å². The van der Waals surface area contributed by atoms with E-state index in [0.717, 1.165) is 19.4 Å². The average molecular weight is 232 g/mol. The van der Waals surface area contributed by atoms with Gasteiger partial charge in [-0.25, -0.2) is 4.79 Å². The topological polar surface area (TPSA) is 41.1 Å². The van der Waals surface area contributed by atoms with E-state index in [1.165, 1.54) is 5.56 Å². The van der Waals surface area contributed by atoms with Crippen LogP contribution in [0.4, 0.5) is 4.79 Å². The Morgan fingerprint density at radius 3 is 2.59 bits per heavy atom. The van der Waals surface area contributed by atoms with Gasteiger partial charge in [0.05, 0.1) is 0 Å². The van der Waals surface area contributed by atoms with Crippen molar-refractivity contribution in [1.82, 2.24) is 10.6 Å². The first-order valence-electron chi connectivity index (χ1n) is 6.06. The Morgan fingerprint density at radius 2 is 1.88 bits per heavy atom. The fraction of sp³-hybridized carbons (Fsp3) is 0.357. The number of rotatable bonds is 6. The highest BCUT2D eigenvalue weighted by atomic mass is 16.2. The first-order chi connectivity index (χ1) is 8.33. The summed E-state index contributed by atoms with van der Waals surface area (Å²) in [6, 6.07) is 10.0. The highest BCUT2D eigenvalue weighted by Gasteiger charge is 1.94.